The van der Waals surface area contributed by atoms with Gasteiger partial charge < -0.3 is 10.4 Å². The summed E-state index contributed by atoms with van der Waals surface area (Å²) in [5.74, 6) is -3.08. The number of anilines is 2. The quantitative estimate of drug-likeness (QED) is 0.0624. The predicted octanol–water partition coefficient (Wildman–Crippen LogP) is 4.21. The van der Waals surface area contributed by atoms with Crippen LogP contribution in [0.2, 0.25) is 10.0 Å². The molecule has 15 nitrogen and oxygen atoms in total. The first kappa shape index (κ1) is 30.0. The van der Waals surface area contributed by atoms with Crippen LogP contribution in [-0.4, -0.2) is 50.8 Å². The van der Waals surface area contributed by atoms with Crippen LogP contribution >= 0.6 is 23.2 Å². The highest BCUT2D eigenvalue weighted by molar-refractivity contribution is 7.86. The molecule has 4 rings (SSSR count). The van der Waals surface area contributed by atoms with E-state index in [-0.39, 0.29) is 16.4 Å². The monoisotopic (exact) mass is 651 g/mol. The van der Waals surface area contributed by atoms with Crippen LogP contribution in [-0.2, 0) is 20.2 Å². The van der Waals surface area contributed by atoms with Crippen molar-refractivity contribution in [3.05, 3.63) is 68.5 Å². The van der Waals surface area contributed by atoms with Crippen molar-refractivity contribution in [2.45, 2.75) is 16.7 Å². The topological polar surface area (TPSA) is 229 Å². The molecule has 2 aromatic carbocycles. The van der Waals surface area contributed by atoms with E-state index >= 15 is 0 Å². The van der Waals surface area contributed by atoms with E-state index < -0.39 is 81.3 Å². The molecule has 0 radical (unpaired) electrons. The van der Waals surface area contributed by atoms with Crippen LogP contribution in [0, 0.1) is 18.9 Å². The van der Waals surface area contributed by atoms with Crippen molar-refractivity contribution in [3.63, 3.8) is 0 Å². The summed E-state index contributed by atoms with van der Waals surface area (Å²) in [4.78, 5) is 17.6. The average molecular weight is 652 g/mol. The second-order valence-corrected chi connectivity index (χ2v) is 11.5. The van der Waals surface area contributed by atoms with E-state index in [0.717, 1.165) is 22.9 Å². The Kier molecular flexibility index (Phi) is 7.86. The molecule has 0 spiro atoms. The van der Waals surface area contributed by atoms with Gasteiger partial charge in [0.25, 0.3) is 25.8 Å². The van der Waals surface area contributed by atoms with Gasteiger partial charge in [-0.05, 0) is 37.3 Å². The fourth-order valence-electron chi connectivity index (χ4n) is 3.27. The number of benzene rings is 2. The molecule has 0 saturated heterocycles. The molecule has 2 aromatic heterocycles. The first-order valence-corrected chi connectivity index (χ1v) is 14.1. The largest absolute Gasteiger partial charge is 0.504 e. The highest BCUT2D eigenvalue weighted by Gasteiger charge is 2.22. The Labute approximate surface area is 237 Å². The van der Waals surface area contributed by atoms with Crippen molar-refractivity contribution >= 4 is 66.3 Å². The molecule has 216 valence electrons. The Morgan fingerprint density at radius 2 is 1.66 bits per heavy atom. The van der Waals surface area contributed by atoms with Crippen molar-refractivity contribution < 1.29 is 39.8 Å². The van der Waals surface area contributed by atoms with Gasteiger partial charge in [-0.2, -0.15) is 35.6 Å². The second kappa shape index (κ2) is 10.8. The molecule has 0 aliphatic rings. The maximum absolute atomic E-state index is 13.7. The van der Waals surface area contributed by atoms with Gasteiger partial charge >= 0.3 is 6.08 Å². The first-order chi connectivity index (χ1) is 19.0. The van der Waals surface area contributed by atoms with Crippen molar-refractivity contribution in [2.75, 3.05) is 5.32 Å². The van der Waals surface area contributed by atoms with Gasteiger partial charge in [0, 0.05) is 0 Å². The fraction of sp³-hybridized carbons (Fsp3) is 0.0500. The van der Waals surface area contributed by atoms with E-state index in [2.05, 4.69) is 30.6 Å². The third-order valence-corrected chi connectivity index (χ3v) is 7.49. The van der Waals surface area contributed by atoms with E-state index in [9.17, 15) is 44.6 Å². The number of halogens is 4. The Morgan fingerprint density at radius 3 is 2.29 bits per heavy atom. The van der Waals surface area contributed by atoms with Gasteiger partial charge in [0.2, 0.25) is 5.95 Å². The number of nitrogens with one attached hydrogen (secondary N) is 2. The molecule has 0 aliphatic carbocycles. The Balaban J connectivity index is 1.82. The van der Waals surface area contributed by atoms with Gasteiger partial charge in [-0.25, -0.2) is 4.68 Å². The molecule has 5 N–H and O–H groups in total. The second-order valence-electron chi connectivity index (χ2n) is 7.90. The van der Waals surface area contributed by atoms with E-state index in [0.29, 0.717) is 12.1 Å². The van der Waals surface area contributed by atoms with Crippen molar-refractivity contribution in [1.82, 2.24) is 19.7 Å². The molecule has 0 atom stereocenters. The normalized spacial score (nSPS) is 12.3. The fourth-order valence-corrected chi connectivity index (χ4v) is 4.63. The molecule has 0 fully saturated rings. The van der Waals surface area contributed by atoms with Crippen molar-refractivity contribution in [2.24, 2.45) is 10.2 Å². The summed E-state index contributed by atoms with van der Waals surface area (Å²) in [7, 11) is -9.62. The number of aromatic nitrogens is 4. The summed E-state index contributed by atoms with van der Waals surface area (Å²) in [6.07, 6.45) is -1.55. The van der Waals surface area contributed by atoms with Gasteiger partial charge in [-0.3, -0.25) is 19.0 Å². The smallest absolute Gasteiger partial charge is 0.313 e. The van der Waals surface area contributed by atoms with Crippen LogP contribution in [0.25, 0.3) is 5.69 Å². The number of aromatic amines is 1. The highest BCUT2D eigenvalue weighted by atomic mass is 35.5. The molecule has 0 aliphatic heterocycles. The highest BCUT2D eigenvalue weighted by Crippen LogP contribution is 2.40. The summed E-state index contributed by atoms with van der Waals surface area (Å²) in [5, 5.41) is 21.9. The number of H-pyrrole nitrogens is 1. The Morgan fingerprint density at radius 1 is 1.00 bits per heavy atom. The van der Waals surface area contributed by atoms with Crippen LogP contribution in [0.3, 0.4) is 0 Å². The summed E-state index contributed by atoms with van der Waals surface area (Å²) in [5.41, 5.74) is -2.79. The van der Waals surface area contributed by atoms with Gasteiger partial charge in [-0.1, -0.05) is 23.2 Å². The lowest BCUT2D eigenvalue weighted by Crippen LogP contribution is -2.15. The van der Waals surface area contributed by atoms with Crippen LogP contribution in [0.4, 0.5) is 31.7 Å². The molecule has 0 bridgehead atoms. The first-order valence-electron chi connectivity index (χ1n) is 10.5. The van der Waals surface area contributed by atoms with E-state index in [1.54, 1.807) is 0 Å². The SMILES string of the molecule is Cc1[nH]n(-c2cc(S(=O)(=O)O)ccc2Cl)c(=O)c1N=Nc1cc(S(=O)(=O)O)cc(Nc2nc(F)nc(F)c2Cl)c1O. The number of phenolic OH excluding ortho intramolecular Hbond substituents is 1. The number of aromatic hydroxyl groups is 1. The van der Waals surface area contributed by atoms with Crippen LogP contribution in [0.5, 0.6) is 5.75 Å². The van der Waals surface area contributed by atoms with Crippen molar-refractivity contribution in [3.8, 4) is 11.4 Å². The maximum atomic E-state index is 13.7. The summed E-state index contributed by atoms with van der Waals surface area (Å²) in [6, 6.07) is 4.33. The standard InChI is InChI=1S/C20H13Cl2F2N7O8S2/c1-7-15(19(33)31(30-7)13-6-8(40(34,35)36)2-3-10(13)21)29-28-12-5-9(41(37,38)39)4-11(16(12)32)25-18-14(22)17(23)26-20(24)27-18/h2-6,30,32H,1H3,(H,25,26,27)(H,34,35,36)(H,37,38,39). The third kappa shape index (κ3) is 6.19. The molecule has 0 amide bonds. The molecular formula is C20H13Cl2F2N7O8S2. The minimum Gasteiger partial charge on any atom is -0.504 e. The van der Waals surface area contributed by atoms with Gasteiger partial charge in [-0.15, -0.1) is 10.2 Å². The molecule has 21 heteroatoms. The number of hydrogen-bond donors (Lipinski definition) is 5. The summed E-state index contributed by atoms with van der Waals surface area (Å²) >= 11 is 11.8. The number of nitrogens with zero attached hydrogens (tertiary/aromatic N) is 5. The van der Waals surface area contributed by atoms with Gasteiger partial charge in [0.05, 0.1) is 31.9 Å². The lowest BCUT2D eigenvalue weighted by molar-refractivity contribution is 0.474. The minimum absolute atomic E-state index is 0.0366. The average Bonchev–Trinajstić information content (AvgIpc) is 3.14. The third-order valence-electron chi connectivity index (χ3n) is 5.15. The molecule has 0 unspecified atom stereocenters. The molecule has 2 heterocycles. The molecule has 4 aromatic rings. The minimum atomic E-state index is -4.96. The van der Waals surface area contributed by atoms with E-state index in [4.69, 9.17) is 23.2 Å². The predicted molar refractivity (Wildman–Crippen MR) is 138 cm³/mol. The van der Waals surface area contributed by atoms with Crippen LogP contribution < -0.4 is 10.9 Å². The Bertz CT molecular complexity index is 2030. The Hall–Kier alpha value is -4.01. The number of aryl methyl sites for hydroxylation is 1. The number of rotatable bonds is 7. The van der Waals surface area contributed by atoms with Crippen LogP contribution in [0.1, 0.15) is 5.69 Å². The van der Waals surface area contributed by atoms with E-state index in [1.807, 2.05) is 0 Å². The molecule has 0 saturated carbocycles. The zero-order chi connectivity index (χ0) is 30.4. The van der Waals surface area contributed by atoms with Crippen molar-refractivity contribution in [1.29, 1.82) is 0 Å². The number of phenols is 1. The molecular weight excluding hydrogens is 639 g/mol. The zero-order valence-electron chi connectivity index (χ0n) is 19.8. The zero-order valence-corrected chi connectivity index (χ0v) is 23.0. The van der Waals surface area contributed by atoms with Gasteiger partial charge in [0.15, 0.2) is 17.3 Å². The molecule has 41 heavy (non-hydrogen) atoms. The summed E-state index contributed by atoms with van der Waals surface area (Å²) in [6.45, 7) is 1.36. The number of azo groups is 1. The lowest BCUT2D eigenvalue weighted by atomic mass is 10.2. The van der Waals surface area contributed by atoms with E-state index in [1.165, 1.54) is 6.92 Å². The maximum Gasteiger partial charge on any atom is 0.313 e. The lowest BCUT2D eigenvalue weighted by Gasteiger charge is -2.12. The number of hydrogen-bond acceptors (Lipinski definition) is 11. The van der Waals surface area contributed by atoms with Gasteiger partial charge in [0.1, 0.15) is 10.7 Å². The summed E-state index contributed by atoms with van der Waals surface area (Å²) < 4.78 is 93.5. The van der Waals surface area contributed by atoms with Crippen LogP contribution in [0.15, 0.2) is 55.1 Å².